The molecule has 1 aliphatic carbocycles. The highest BCUT2D eigenvalue weighted by molar-refractivity contribution is 5.68. The molecule has 0 spiro atoms. The first kappa shape index (κ1) is 17.7. The zero-order valence-electron chi connectivity index (χ0n) is 15.9. The zero-order chi connectivity index (χ0) is 20.1. The largest absolute Gasteiger partial charge is 0.485 e. The minimum atomic E-state index is -0.622. The Balaban J connectivity index is 1.36. The third-order valence-electron chi connectivity index (χ3n) is 6.02. The van der Waals surface area contributed by atoms with Crippen molar-refractivity contribution in [3.63, 3.8) is 0 Å². The van der Waals surface area contributed by atoms with E-state index in [2.05, 4.69) is 21.9 Å². The summed E-state index contributed by atoms with van der Waals surface area (Å²) in [4.78, 5) is 23.0. The highest BCUT2D eigenvalue weighted by Crippen LogP contribution is 2.42. The van der Waals surface area contributed by atoms with E-state index in [1.165, 1.54) is 6.07 Å². The molecule has 1 fully saturated rings. The number of aromatic amines is 1. The van der Waals surface area contributed by atoms with E-state index in [1.807, 2.05) is 10.6 Å². The average molecular weight is 395 g/mol. The van der Waals surface area contributed by atoms with Crippen LogP contribution in [0.5, 0.6) is 11.7 Å². The maximum Gasteiger partial charge on any atom is 0.342 e. The Labute approximate surface area is 165 Å². The first-order valence-electron chi connectivity index (χ1n) is 9.67. The summed E-state index contributed by atoms with van der Waals surface area (Å²) in [7, 11) is 0. The van der Waals surface area contributed by atoms with E-state index >= 15 is 0 Å². The second-order valence-electron chi connectivity index (χ2n) is 7.83. The van der Waals surface area contributed by atoms with Crippen LogP contribution in [-0.2, 0) is 6.54 Å². The number of nitrogens with one attached hydrogen (secondary N) is 2. The first-order chi connectivity index (χ1) is 14.0. The second-order valence-corrected chi connectivity index (χ2v) is 7.83. The van der Waals surface area contributed by atoms with Gasteiger partial charge in [-0.05, 0) is 42.7 Å². The molecule has 0 saturated heterocycles. The quantitative estimate of drug-likeness (QED) is 0.623. The van der Waals surface area contributed by atoms with Gasteiger partial charge in [0.1, 0.15) is 17.4 Å². The number of aromatic nitrogens is 4. The molecule has 0 aromatic carbocycles. The van der Waals surface area contributed by atoms with Crippen LogP contribution in [0.1, 0.15) is 31.7 Å². The summed E-state index contributed by atoms with van der Waals surface area (Å²) in [5.74, 6) is 0.756. The molecule has 3 aromatic heterocycles. The van der Waals surface area contributed by atoms with Gasteiger partial charge in [-0.1, -0.05) is 6.92 Å². The molecule has 5 rings (SSSR count). The van der Waals surface area contributed by atoms with Crippen LogP contribution in [0.4, 0.5) is 0 Å². The maximum absolute atomic E-state index is 11.5. The normalized spacial score (nSPS) is 21.8. The van der Waals surface area contributed by atoms with Gasteiger partial charge in [0, 0.05) is 6.54 Å². The van der Waals surface area contributed by atoms with Gasteiger partial charge in [0.25, 0.3) is 5.95 Å². The number of hydrogen-bond acceptors (Lipinski definition) is 7. The molecule has 0 bridgehead atoms. The van der Waals surface area contributed by atoms with Crippen LogP contribution in [0.15, 0.2) is 33.5 Å². The van der Waals surface area contributed by atoms with E-state index in [0.717, 1.165) is 37.0 Å². The molecule has 9 heteroatoms. The molecule has 2 unspecified atom stereocenters. The molecule has 1 saturated carbocycles. The number of imidazole rings is 1. The minimum Gasteiger partial charge on any atom is -0.485 e. The number of fused-ring (bicyclic) bond motifs is 3. The predicted octanol–water partition coefficient (Wildman–Crippen LogP) is 2.18. The Hall–Kier alpha value is -3.36. The van der Waals surface area contributed by atoms with Gasteiger partial charge in [-0.25, -0.2) is 14.8 Å². The van der Waals surface area contributed by atoms with E-state index in [-0.39, 0.29) is 11.6 Å². The molecule has 1 aliphatic heterocycles. The van der Waals surface area contributed by atoms with Gasteiger partial charge in [0.15, 0.2) is 11.1 Å². The molecule has 9 nitrogen and oxygen atoms in total. The van der Waals surface area contributed by atoms with Crippen molar-refractivity contribution in [2.24, 2.45) is 11.8 Å². The number of aromatic hydroxyl groups is 1. The lowest BCUT2D eigenvalue weighted by molar-refractivity contribution is 0.134. The van der Waals surface area contributed by atoms with Gasteiger partial charge in [-0.3, -0.25) is 5.41 Å². The highest BCUT2D eigenvalue weighted by atomic mass is 16.5. The average Bonchev–Trinajstić information content (AvgIpc) is 3.19. The van der Waals surface area contributed by atoms with Crippen LogP contribution in [0.2, 0.25) is 0 Å². The van der Waals surface area contributed by atoms with E-state index in [1.54, 1.807) is 12.7 Å². The van der Waals surface area contributed by atoms with Crippen LogP contribution in [0, 0.1) is 17.2 Å². The van der Waals surface area contributed by atoms with E-state index in [9.17, 15) is 9.90 Å². The predicted molar refractivity (Wildman–Crippen MR) is 103 cm³/mol. The second kappa shape index (κ2) is 6.61. The van der Waals surface area contributed by atoms with Gasteiger partial charge >= 0.3 is 5.63 Å². The minimum absolute atomic E-state index is 0.103. The fraction of sp³-hybridized carbons (Fsp3) is 0.400. The lowest BCUT2D eigenvalue weighted by Crippen LogP contribution is -2.34. The molecular weight excluding hydrogens is 374 g/mol. The number of H-pyrrole nitrogens is 1. The summed E-state index contributed by atoms with van der Waals surface area (Å²) in [5, 5.41) is 17.8. The molecule has 3 atom stereocenters. The van der Waals surface area contributed by atoms with Crippen LogP contribution >= 0.6 is 0 Å². The van der Waals surface area contributed by atoms with Crippen molar-refractivity contribution in [3.05, 3.63) is 45.8 Å². The van der Waals surface area contributed by atoms with Gasteiger partial charge in [-0.15, -0.1) is 0 Å². The summed E-state index contributed by atoms with van der Waals surface area (Å²) in [6.45, 7) is 2.95. The summed E-state index contributed by atoms with van der Waals surface area (Å²) in [6.07, 6.45) is 7.75. The molecule has 4 heterocycles. The molecule has 29 heavy (non-hydrogen) atoms. The third kappa shape index (κ3) is 3.02. The molecule has 3 N–H and O–H groups in total. The van der Waals surface area contributed by atoms with Crippen molar-refractivity contribution in [3.8, 4) is 11.7 Å². The van der Waals surface area contributed by atoms with Crippen LogP contribution < -0.4 is 15.9 Å². The van der Waals surface area contributed by atoms with Crippen LogP contribution in [0.25, 0.3) is 17.2 Å². The number of hydrogen-bond donors (Lipinski definition) is 3. The molecule has 150 valence electrons. The molecule has 3 aromatic rings. The zero-order valence-corrected chi connectivity index (χ0v) is 15.9. The SMILES string of the molecule is CC(Cn1cnc(=N)c2[nH]cnc21)[C@H]1CCC2=Cc3c(cc(=O)oc3O)OC2C1. The van der Waals surface area contributed by atoms with Crippen molar-refractivity contribution in [2.45, 2.75) is 38.8 Å². The number of rotatable bonds is 3. The molecule has 0 radical (unpaired) electrons. The summed E-state index contributed by atoms with van der Waals surface area (Å²) in [6, 6.07) is 1.29. The van der Waals surface area contributed by atoms with Crippen molar-refractivity contribution in [1.29, 1.82) is 5.41 Å². The topological polar surface area (TPSA) is 130 Å². The number of nitrogens with zero attached hydrogens (tertiary/aromatic N) is 3. The van der Waals surface area contributed by atoms with E-state index < -0.39 is 11.6 Å². The Morgan fingerprint density at radius 2 is 2.31 bits per heavy atom. The summed E-state index contributed by atoms with van der Waals surface area (Å²) >= 11 is 0. The Morgan fingerprint density at radius 3 is 3.17 bits per heavy atom. The smallest absolute Gasteiger partial charge is 0.342 e. The fourth-order valence-corrected chi connectivity index (χ4v) is 4.42. The van der Waals surface area contributed by atoms with Gasteiger partial charge in [-0.2, -0.15) is 0 Å². The molecule has 2 aliphatic rings. The fourth-order valence-electron chi connectivity index (χ4n) is 4.42. The number of ether oxygens (including phenoxy) is 1. The maximum atomic E-state index is 11.5. The molecule has 0 amide bonds. The van der Waals surface area contributed by atoms with Gasteiger partial charge in [0.05, 0.1) is 24.3 Å². The lowest BCUT2D eigenvalue weighted by atomic mass is 9.76. The molecular formula is C20H21N5O4. The van der Waals surface area contributed by atoms with Crippen molar-refractivity contribution >= 4 is 17.2 Å². The Kier molecular flexibility index (Phi) is 4.04. The third-order valence-corrected chi connectivity index (χ3v) is 6.02. The van der Waals surface area contributed by atoms with Crippen molar-refractivity contribution < 1.29 is 14.3 Å². The summed E-state index contributed by atoms with van der Waals surface area (Å²) < 4.78 is 12.8. The standard InChI is InChI=1S/C20H21N5O4/c1-10(7-25-9-24-18(21)17-19(25)23-8-22-17)11-2-3-12-4-13-15(28-14(12)5-11)6-16(26)29-20(13)27/h4,6,8-11,14,21,27H,2-3,5,7H2,1H3,(H,22,23)/t10?,11-,14?/m0/s1. The van der Waals surface area contributed by atoms with Crippen molar-refractivity contribution in [2.75, 3.05) is 0 Å². The Bertz CT molecular complexity index is 1240. The van der Waals surface area contributed by atoms with Crippen LogP contribution in [-0.4, -0.2) is 30.7 Å². The Morgan fingerprint density at radius 1 is 1.45 bits per heavy atom. The van der Waals surface area contributed by atoms with E-state index in [4.69, 9.17) is 14.6 Å². The van der Waals surface area contributed by atoms with E-state index in [0.29, 0.717) is 28.7 Å². The summed E-state index contributed by atoms with van der Waals surface area (Å²) in [5.41, 5.74) is 2.50. The first-order valence-corrected chi connectivity index (χ1v) is 9.67. The van der Waals surface area contributed by atoms with Gasteiger partial charge < -0.3 is 23.8 Å². The monoisotopic (exact) mass is 395 g/mol. The lowest BCUT2D eigenvalue weighted by Gasteiger charge is -2.37. The van der Waals surface area contributed by atoms with Crippen molar-refractivity contribution in [1.82, 2.24) is 19.5 Å². The van der Waals surface area contributed by atoms with Gasteiger partial charge in [0.2, 0.25) is 0 Å². The van der Waals surface area contributed by atoms with Crippen LogP contribution in [0.3, 0.4) is 0 Å². The highest BCUT2D eigenvalue weighted by Gasteiger charge is 2.34.